The Balaban J connectivity index is 3.61. The van der Waals surface area contributed by atoms with Gasteiger partial charge in [-0.25, -0.2) is 8.78 Å². The third-order valence-corrected chi connectivity index (χ3v) is 1.40. The maximum atomic E-state index is 11.9. The smallest absolute Gasteiger partial charge is 0.239 e. The number of hydrogen-bond acceptors (Lipinski definition) is 1. The highest BCUT2D eigenvalue weighted by molar-refractivity contribution is 4.68. The van der Waals surface area contributed by atoms with Crippen LogP contribution in [0.5, 0.6) is 0 Å². The molecular formula is C8H16F2O. The van der Waals surface area contributed by atoms with E-state index in [-0.39, 0.29) is 6.42 Å². The van der Waals surface area contributed by atoms with Gasteiger partial charge in [0.15, 0.2) is 0 Å². The van der Waals surface area contributed by atoms with Gasteiger partial charge in [-0.1, -0.05) is 13.8 Å². The molecule has 0 bridgehead atoms. The first-order valence-corrected chi connectivity index (χ1v) is 3.84. The highest BCUT2D eigenvalue weighted by Crippen LogP contribution is 2.24. The number of ether oxygens (including phenoxy) is 1. The molecule has 0 rings (SSSR count). The Labute approximate surface area is 66.7 Å². The van der Waals surface area contributed by atoms with Gasteiger partial charge in [0.1, 0.15) is 0 Å². The summed E-state index contributed by atoms with van der Waals surface area (Å²) in [5.41, 5.74) is -0.399. The second-order valence-corrected chi connectivity index (χ2v) is 3.40. The molecule has 0 saturated carbocycles. The van der Waals surface area contributed by atoms with Gasteiger partial charge in [-0.3, -0.25) is 0 Å². The third-order valence-electron chi connectivity index (χ3n) is 1.40. The molecule has 68 valence electrons. The van der Waals surface area contributed by atoms with Crippen molar-refractivity contribution >= 4 is 0 Å². The number of alkyl halides is 2. The SMILES string of the molecule is CCOCC(C)(C)CC(F)F. The van der Waals surface area contributed by atoms with Crippen LogP contribution in [-0.4, -0.2) is 19.6 Å². The first-order valence-electron chi connectivity index (χ1n) is 3.84. The van der Waals surface area contributed by atoms with E-state index in [1.165, 1.54) is 0 Å². The monoisotopic (exact) mass is 166 g/mol. The van der Waals surface area contributed by atoms with Crippen molar-refractivity contribution in [3.05, 3.63) is 0 Å². The van der Waals surface area contributed by atoms with Gasteiger partial charge in [0, 0.05) is 13.0 Å². The average Bonchev–Trinajstić information content (AvgIpc) is 1.81. The molecule has 0 N–H and O–H groups in total. The zero-order chi connectivity index (χ0) is 8.91. The summed E-state index contributed by atoms with van der Waals surface area (Å²) in [6, 6.07) is 0. The van der Waals surface area contributed by atoms with Crippen molar-refractivity contribution in [1.82, 2.24) is 0 Å². The molecule has 0 aliphatic rings. The van der Waals surface area contributed by atoms with Crippen LogP contribution in [0.1, 0.15) is 27.2 Å². The minimum absolute atomic E-state index is 0.0903. The van der Waals surface area contributed by atoms with Gasteiger partial charge >= 0.3 is 0 Å². The van der Waals surface area contributed by atoms with Crippen LogP contribution < -0.4 is 0 Å². The predicted molar refractivity (Wildman–Crippen MR) is 40.9 cm³/mol. The van der Waals surface area contributed by atoms with E-state index in [1.807, 2.05) is 6.92 Å². The van der Waals surface area contributed by atoms with E-state index in [4.69, 9.17) is 4.74 Å². The topological polar surface area (TPSA) is 9.23 Å². The summed E-state index contributed by atoms with van der Waals surface area (Å²) < 4.78 is 28.9. The summed E-state index contributed by atoms with van der Waals surface area (Å²) in [6.07, 6.45) is -2.32. The summed E-state index contributed by atoms with van der Waals surface area (Å²) in [4.78, 5) is 0. The molecule has 0 aliphatic heterocycles. The molecule has 3 heteroatoms. The van der Waals surface area contributed by atoms with Gasteiger partial charge in [0.2, 0.25) is 6.43 Å². The Bertz CT molecular complexity index is 102. The summed E-state index contributed by atoms with van der Waals surface area (Å²) in [7, 11) is 0. The van der Waals surface area contributed by atoms with Crippen molar-refractivity contribution in [3.63, 3.8) is 0 Å². The molecule has 0 atom stereocenters. The Morgan fingerprint density at radius 2 is 1.91 bits per heavy atom. The van der Waals surface area contributed by atoms with E-state index < -0.39 is 11.8 Å². The van der Waals surface area contributed by atoms with Gasteiger partial charge in [0.25, 0.3) is 0 Å². The molecule has 0 aromatic carbocycles. The van der Waals surface area contributed by atoms with Crippen LogP contribution in [0.4, 0.5) is 8.78 Å². The lowest BCUT2D eigenvalue weighted by Gasteiger charge is -2.23. The summed E-state index contributed by atoms with van der Waals surface area (Å²) in [5, 5.41) is 0. The summed E-state index contributed by atoms with van der Waals surface area (Å²) in [6.45, 7) is 6.43. The van der Waals surface area contributed by atoms with Gasteiger partial charge < -0.3 is 4.74 Å². The second-order valence-electron chi connectivity index (χ2n) is 3.40. The van der Waals surface area contributed by atoms with Gasteiger partial charge in [0.05, 0.1) is 6.61 Å². The Morgan fingerprint density at radius 3 is 2.27 bits per heavy atom. The fourth-order valence-corrected chi connectivity index (χ4v) is 0.855. The normalized spacial score (nSPS) is 12.5. The van der Waals surface area contributed by atoms with Crippen LogP contribution in [0.2, 0.25) is 0 Å². The first kappa shape index (κ1) is 10.8. The molecule has 0 heterocycles. The largest absolute Gasteiger partial charge is 0.381 e. The standard InChI is InChI=1S/C8H16F2O/c1-4-11-6-8(2,3)5-7(9)10/h7H,4-6H2,1-3H3. The van der Waals surface area contributed by atoms with Crippen LogP contribution in [0.25, 0.3) is 0 Å². The van der Waals surface area contributed by atoms with Crippen LogP contribution in [-0.2, 0) is 4.74 Å². The van der Waals surface area contributed by atoms with Crippen molar-refractivity contribution in [2.45, 2.75) is 33.6 Å². The fraction of sp³-hybridized carbons (Fsp3) is 1.00. The van der Waals surface area contributed by atoms with E-state index in [1.54, 1.807) is 13.8 Å². The number of hydrogen-bond donors (Lipinski definition) is 0. The molecule has 0 spiro atoms. The van der Waals surface area contributed by atoms with E-state index >= 15 is 0 Å². The van der Waals surface area contributed by atoms with Crippen molar-refractivity contribution < 1.29 is 13.5 Å². The zero-order valence-electron chi connectivity index (χ0n) is 7.36. The summed E-state index contributed by atoms with van der Waals surface area (Å²) in [5.74, 6) is 0. The second kappa shape index (κ2) is 4.65. The van der Waals surface area contributed by atoms with Crippen LogP contribution in [0, 0.1) is 5.41 Å². The first-order chi connectivity index (χ1) is 4.98. The molecule has 0 aliphatic carbocycles. The minimum atomic E-state index is -2.23. The third kappa shape index (κ3) is 6.23. The predicted octanol–water partition coefficient (Wildman–Crippen LogP) is 2.70. The fourth-order valence-electron chi connectivity index (χ4n) is 0.855. The lowest BCUT2D eigenvalue weighted by molar-refractivity contribution is 0.0208. The Hall–Kier alpha value is -0.180. The average molecular weight is 166 g/mol. The van der Waals surface area contributed by atoms with E-state index in [2.05, 4.69) is 0 Å². The molecule has 11 heavy (non-hydrogen) atoms. The highest BCUT2D eigenvalue weighted by atomic mass is 19.3. The lowest BCUT2D eigenvalue weighted by atomic mass is 9.91. The van der Waals surface area contributed by atoms with Crippen LogP contribution in [0.15, 0.2) is 0 Å². The van der Waals surface area contributed by atoms with Crippen LogP contribution >= 0.6 is 0 Å². The quantitative estimate of drug-likeness (QED) is 0.610. The zero-order valence-corrected chi connectivity index (χ0v) is 7.36. The lowest BCUT2D eigenvalue weighted by Crippen LogP contribution is -2.22. The number of halogens is 2. The van der Waals surface area contributed by atoms with Crippen molar-refractivity contribution in [3.8, 4) is 0 Å². The van der Waals surface area contributed by atoms with Crippen molar-refractivity contribution in [2.75, 3.05) is 13.2 Å². The molecule has 0 radical (unpaired) electrons. The van der Waals surface area contributed by atoms with E-state index in [0.717, 1.165) is 0 Å². The van der Waals surface area contributed by atoms with E-state index in [9.17, 15) is 8.78 Å². The molecule has 0 unspecified atom stereocenters. The van der Waals surface area contributed by atoms with Gasteiger partial charge in [-0.05, 0) is 12.3 Å². The molecule has 0 saturated heterocycles. The van der Waals surface area contributed by atoms with Gasteiger partial charge in [-0.15, -0.1) is 0 Å². The molecule has 1 nitrogen and oxygen atoms in total. The van der Waals surface area contributed by atoms with E-state index in [0.29, 0.717) is 13.2 Å². The van der Waals surface area contributed by atoms with Crippen molar-refractivity contribution in [2.24, 2.45) is 5.41 Å². The van der Waals surface area contributed by atoms with Crippen molar-refractivity contribution in [1.29, 1.82) is 0 Å². The van der Waals surface area contributed by atoms with Crippen LogP contribution in [0.3, 0.4) is 0 Å². The number of rotatable bonds is 5. The molecule has 0 fully saturated rings. The molecular weight excluding hydrogens is 150 g/mol. The molecule has 0 aromatic rings. The Kier molecular flexibility index (Phi) is 4.57. The highest BCUT2D eigenvalue weighted by Gasteiger charge is 2.22. The maximum Gasteiger partial charge on any atom is 0.239 e. The summed E-state index contributed by atoms with van der Waals surface area (Å²) >= 11 is 0. The molecule has 0 amide bonds. The minimum Gasteiger partial charge on any atom is -0.381 e. The Morgan fingerprint density at radius 1 is 1.36 bits per heavy atom. The molecule has 0 aromatic heterocycles. The van der Waals surface area contributed by atoms with Gasteiger partial charge in [-0.2, -0.15) is 0 Å². The maximum absolute atomic E-state index is 11.9.